The molecule has 0 amide bonds. The smallest absolute Gasteiger partial charge is 0.200 e. The standard InChI is InChI=1S/C10H12O3/c1-3-7-13-9-6-4-5-8(12-2)10(9)11/h3-6,11H,1,7H2,2H3. The van der Waals surface area contributed by atoms with Gasteiger partial charge in [0.05, 0.1) is 7.11 Å². The third-order valence-electron chi connectivity index (χ3n) is 1.54. The average molecular weight is 180 g/mol. The first-order chi connectivity index (χ1) is 6.29. The highest BCUT2D eigenvalue weighted by Crippen LogP contribution is 2.35. The zero-order valence-electron chi connectivity index (χ0n) is 7.49. The van der Waals surface area contributed by atoms with Crippen molar-refractivity contribution in [2.45, 2.75) is 0 Å². The van der Waals surface area contributed by atoms with Gasteiger partial charge in [0.1, 0.15) is 6.61 Å². The Labute approximate surface area is 77.2 Å². The molecule has 0 unspecified atom stereocenters. The van der Waals surface area contributed by atoms with Crippen molar-refractivity contribution in [2.24, 2.45) is 0 Å². The van der Waals surface area contributed by atoms with E-state index in [0.717, 1.165) is 0 Å². The van der Waals surface area contributed by atoms with Gasteiger partial charge in [-0.15, -0.1) is 0 Å². The predicted molar refractivity (Wildman–Crippen MR) is 50.4 cm³/mol. The topological polar surface area (TPSA) is 38.7 Å². The molecule has 13 heavy (non-hydrogen) atoms. The Morgan fingerprint density at radius 2 is 2.15 bits per heavy atom. The van der Waals surface area contributed by atoms with Crippen LogP contribution in [0.25, 0.3) is 0 Å². The van der Waals surface area contributed by atoms with Gasteiger partial charge in [-0.25, -0.2) is 0 Å². The van der Waals surface area contributed by atoms with Gasteiger partial charge in [-0.1, -0.05) is 18.7 Å². The fraction of sp³-hybridized carbons (Fsp3) is 0.200. The third kappa shape index (κ3) is 2.15. The summed E-state index contributed by atoms with van der Waals surface area (Å²) in [4.78, 5) is 0. The second kappa shape index (κ2) is 4.40. The first-order valence-corrected chi connectivity index (χ1v) is 3.89. The molecule has 0 bridgehead atoms. The molecule has 0 saturated carbocycles. The average Bonchev–Trinajstić information content (AvgIpc) is 2.16. The molecule has 0 radical (unpaired) electrons. The number of para-hydroxylation sites is 1. The van der Waals surface area contributed by atoms with Gasteiger partial charge in [-0.2, -0.15) is 0 Å². The number of rotatable bonds is 4. The second-order valence-electron chi connectivity index (χ2n) is 2.41. The Morgan fingerprint density at radius 3 is 2.77 bits per heavy atom. The van der Waals surface area contributed by atoms with Gasteiger partial charge in [0.2, 0.25) is 5.75 Å². The van der Waals surface area contributed by atoms with Gasteiger partial charge in [0.25, 0.3) is 0 Å². The van der Waals surface area contributed by atoms with Crippen LogP contribution in [0.3, 0.4) is 0 Å². The Morgan fingerprint density at radius 1 is 1.46 bits per heavy atom. The maximum Gasteiger partial charge on any atom is 0.200 e. The second-order valence-corrected chi connectivity index (χ2v) is 2.41. The van der Waals surface area contributed by atoms with Crippen molar-refractivity contribution < 1.29 is 14.6 Å². The molecule has 1 N–H and O–H groups in total. The Kier molecular flexibility index (Phi) is 3.20. The maximum atomic E-state index is 9.53. The van der Waals surface area contributed by atoms with Crippen LogP contribution in [0.1, 0.15) is 0 Å². The highest BCUT2D eigenvalue weighted by atomic mass is 16.5. The van der Waals surface area contributed by atoms with Crippen molar-refractivity contribution in [1.29, 1.82) is 0 Å². The lowest BCUT2D eigenvalue weighted by Crippen LogP contribution is -1.94. The molecule has 0 heterocycles. The lowest BCUT2D eigenvalue weighted by Gasteiger charge is -2.08. The molecule has 0 saturated heterocycles. The summed E-state index contributed by atoms with van der Waals surface area (Å²) < 4.78 is 10.1. The Hall–Kier alpha value is -1.64. The molecule has 0 aliphatic carbocycles. The summed E-state index contributed by atoms with van der Waals surface area (Å²) in [5, 5.41) is 9.53. The minimum atomic E-state index is 0.0202. The van der Waals surface area contributed by atoms with Crippen LogP contribution in [0.4, 0.5) is 0 Å². The van der Waals surface area contributed by atoms with Crippen molar-refractivity contribution in [1.82, 2.24) is 0 Å². The van der Waals surface area contributed by atoms with Crippen molar-refractivity contribution in [3.05, 3.63) is 30.9 Å². The largest absolute Gasteiger partial charge is 0.502 e. The van der Waals surface area contributed by atoms with E-state index in [1.807, 2.05) is 0 Å². The molecule has 0 atom stereocenters. The molecule has 1 aromatic rings. The fourth-order valence-electron chi connectivity index (χ4n) is 0.932. The van der Waals surface area contributed by atoms with Crippen LogP contribution < -0.4 is 9.47 Å². The summed E-state index contributed by atoms with van der Waals surface area (Å²) in [6.07, 6.45) is 1.61. The lowest BCUT2D eigenvalue weighted by atomic mass is 10.3. The van der Waals surface area contributed by atoms with Crippen molar-refractivity contribution in [3.63, 3.8) is 0 Å². The third-order valence-corrected chi connectivity index (χ3v) is 1.54. The number of phenols is 1. The summed E-state index contributed by atoms with van der Waals surface area (Å²) in [5.41, 5.74) is 0. The highest BCUT2D eigenvalue weighted by molar-refractivity contribution is 5.49. The molecule has 0 aliphatic rings. The number of hydrogen-bond acceptors (Lipinski definition) is 3. The number of methoxy groups -OCH3 is 1. The van der Waals surface area contributed by atoms with Crippen LogP contribution in [-0.2, 0) is 0 Å². The number of aromatic hydroxyl groups is 1. The summed E-state index contributed by atoms with van der Waals surface area (Å²) in [7, 11) is 1.49. The summed E-state index contributed by atoms with van der Waals surface area (Å²) in [6.45, 7) is 3.87. The number of ether oxygens (including phenoxy) is 2. The first-order valence-electron chi connectivity index (χ1n) is 3.89. The molecule has 0 aliphatic heterocycles. The number of benzene rings is 1. The van der Waals surface area contributed by atoms with Crippen molar-refractivity contribution >= 4 is 0 Å². The molecule has 0 aromatic heterocycles. The van der Waals surface area contributed by atoms with E-state index in [2.05, 4.69) is 6.58 Å². The van der Waals surface area contributed by atoms with E-state index in [1.165, 1.54) is 7.11 Å². The van der Waals surface area contributed by atoms with Gasteiger partial charge in [-0.3, -0.25) is 0 Å². The molecular formula is C10H12O3. The van der Waals surface area contributed by atoms with Gasteiger partial charge in [0.15, 0.2) is 11.5 Å². The number of hydrogen-bond donors (Lipinski definition) is 1. The van der Waals surface area contributed by atoms with E-state index in [1.54, 1.807) is 24.3 Å². The monoisotopic (exact) mass is 180 g/mol. The van der Waals surface area contributed by atoms with Gasteiger partial charge < -0.3 is 14.6 Å². The van der Waals surface area contributed by atoms with Gasteiger partial charge in [-0.05, 0) is 12.1 Å². The predicted octanol–water partition coefficient (Wildman–Crippen LogP) is 1.97. The number of phenolic OH excluding ortho intramolecular Hbond substituents is 1. The van der Waals surface area contributed by atoms with E-state index in [-0.39, 0.29) is 5.75 Å². The molecule has 70 valence electrons. The van der Waals surface area contributed by atoms with E-state index in [4.69, 9.17) is 9.47 Å². The van der Waals surface area contributed by atoms with Crippen molar-refractivity contribution in [3.8, 4) is 17.2 Å². The van der Waals surface area contributed by atoms with E-state index < -0.39 is 0 Å². The molecule has 1 aromatic carbocycles. The normalized spacial score (nSPS) is 9.31. The molecule has 3 heteroatoms. The van der Waals surface area contributed by atoms with Gasteiger partial charge in [0, 0.05) is 0 Å². The van der Waals surface area contributed by atoms with Crippen LogP contribution in [0.5, 0.6) is 17.2 Å². The first kappa shape index (κ1) is 9.45. The molecular weight excluding hydrogens is 168 g/mol. The summed E-state index contributed by atoms with van der Waals surface area (Å²) in [5.74, 6) is 0.827. The maximum absolute atomic E-state index is 9.53. The minimum absolute atomic E-state index is 0.0202. The zero-order chi connectivity index (χ0) is 9.68. The van der Waals surface area contributed by atoms with Crippen LogP contribution in [0, 0.1) is 0 Å². The fourth-order valence-corrected chi connectivity index (χ4v) is 0.932. The van der Waals surface area contributed by atoms with Gasteiger partial charge >= 0.3 is 0 Å². The Balaban J connectivity index is 2.87. The van der Waals surface area contributed by atoms with E-state index >= 15 is 0 Å². The minimum Gasteiger partial charge on any atom is -0.502 e. The summed E-state index contributed by atoms with van der Waals surface area (Å²) in [6, 6.07) is 5.08. The van der Waals surface area contributed by atoms with Crippen LogP contribution >= 0.6 is 0 Å². The van der Waals surface area contributed by atoms with Crippen LogP contribution in [0.2, 0.25) is 0 Å². The quantitative estimate of drug-likeness (QED) is 0.720. The lowest BCUT2D eigenvalue weighted by molar-refractivity contribution is 0.318. The molecule has 0 spiro atoms. The molecule has 0 fully saturated rings. The zero-order valence-corrected chi connectivity index (χ0v) is 7.49. The van der Waals surface area contributed by atoms with Crippen LogP contribution in [-0.4, -0.2) is 18.8 Å². The van der Waals surface area contributed by atoms with E-state index in [0.29, 0.717) is 18.1 Å². The molecule has 1 rings (SSSR count). The Bertz CT molecular complexity index is 294. The highest BCUT2D eigenvalue weighted by Gasteiger charge is 2.06. The summed E-state index contributed by atoms with van der Waals surface area (Å²) >= 11 is 0. The van der Waals surface area contributed by atoms with E-state index in [9.17, 15) is 5.11 Å². The van der Waals surface area contributed by atoms with Crippen molar-refractivity contribution in [2.75, 3.05) is 13.7 Å². The van der Waals surface area contributed by atoms with Crippen LogP contribution in [0.15, 0.2) is 30.9 Å². The SMILES string of the molecule is C=CCOc1cccc(OC)c1O. The molecule has 3 nitrogen and oxygen atoms in total.